The highest BCUT2D eigenvalue weighted by molar-refractivity contribution is 5.84. The van der Waals surface area contributed by atoms with Gasteiger partial charge in [-0.05, 0) is 29.7 Å². The standard InChI is InChI=1S/C22H19F2N3O2/c23-14-8-9-16(17(24)12-14)21(27-10-4-3-7-19(27)28)22(29)26-18-11-13-5-1-2-6-15(13)20(18)25/h1-10,12,18,20-21H,11,25H2,(H,26,29)/t18-,20?,21?/m0/s1. The number of nitrogens with zero attached hydrogens (tertiary/aromatic N) is 1. The lowest BCUT2D eigenvalue weighted by atomic mass is 10.0. The van der Waals surface area contributed by atoms with E-state index in [-0.39, 0.29) is 5.56 Å². The minimum atomic E-state index is -1.29. The summed E-state index contributed by atoms with van der Waals surface area (Å²) in [6.07, 6.45) is 1.93. The van der Waals surface area contributed by atoms with E-state index in [4.69, 9.17) is 5.73 Å². The first-order valence-corrected chi connectivity index (χ1v) is 9.21. The second kappa shape index (κ2) is 7.60. The number of rotatable bonds is 4. The number of carbonyl (C=O) groups is 1. The van der Waals surface area contributed by atoms with E-state index in [0.717, 1.165) is 21.8 Å². The van der Waals surface area contributed by atoms with Crippen molar-refractivity contribution in [3.63, 3.8) is 0 Å². The van der Waals surface area contributed by atoms with E-state index in [1.807, 2.05) is 24.3 Å². The van der Waals surface area contributed by atoms with Gasteiger partial charge in [0.05, 0.1) is 12.1 Å². The van der Waals surface area contributed by atoms with Crippen LogP contribution in [-0.4, -0.2) is 16.5 Å². The quantitative estimate of drug-likeness (QED) is 0.713. The number of nitrogens with two attached hydrogens (primary N) is 1. The molecule has 2 unspecified atom stereocenters. The van der Waals surface area contributed by atoms with Gasteiger partial charge >= 0.3 is 0 Å². The topological polar surface area (TPSA) is 77.1 Å². The molecule has 0 aliphatic heterocycles. The number of carbonyl (C=O) groups excluding carboxylic acids is 1. The zero-order valence-electron chi connectivity index (χ0n) is 15.4. The van der Waals surface area contributed by atoms with Crippen molar-refractivity contribution < 1.29 is 13.6 Å². The number of nitrogens with one attached hydrogen (secondary N) is 1. The van der Waals surface area contributed by atoms with Gasteiger partial charge in [-0.3, -0.25) is 14.2 Å². The molecule has 3 atom stereocenters. The van der Waals surface area contributed by atoms with Gasteiger partial charge < -0.3 is 11.1 Å². The summed E-state index contributed by atoms with van der Waals surface area (Å²) in [4.78, 5) is 25.6. The summed E-state index contributed by atoms with van der Waals surface area (Å²) in [5.74, 6) is -2.25. The molecule has 0 fully saturated rings. The Labute approximate surface area is 165 Å². The third-order valence-corrected chi connectivity index (χ3v) is 5.25. The summed E-state index contributed by atoms with van der Waals surface area (Å²) in [7, 11) is 0. The second-order valence-electron chi connectivity index (χ2n) is 7.06. The van der Waals surface area contributed by atoms with Gasteiger partial charge in [-0.25, -0.2) is 8.78 Å². The number of pyridine rings is 1. The molecule has 3 N–H and O–H groups in total. The Kier molecular flexibility index (Phi) is 4.98. The van der Waals surface area contributed by atoms with E-state index in [2.05, 4.69) is 5.32 Å². The highest BCUT2D eigenvalue weighted by Crippen LogP contribution is 2.30. The van der Waals surface area contributed by atoms with Crippen LogP contribution in [-0.2, 0) is 11.2 Å². The fraction of sp³-hybridized carbons (Fsp3) is 0.182. The molecule has 0 saturated heterocycles. The van der Waals surface area contributed by atoms with E-state index in [0.29, 0.717) is 12.5 Å². The normalized spacial score (nSPS) is 18.9. The Bertz CT molecular complexity index is 1130. The molecule has 0 bridgehead atoms. The van der Waals surface area contributed by atoms with E-state index in [9.17, 15) is 18.4 Å². The van der Waals surface area contributed by atoms with Crippen molar-refractivity contribution in [3.8, 4) is 0 Å². The molecule has 1 aliphatic rings. The van der Waals surface area contributed by atoms with Crippen LogP contribution in [0, 0.1) is 11.6 Å². The Morgan fingerprint density at radius 2 is 1.86 bits per heavy atom. The maximum atomic E-state index is 14.5. The maximum absolute atomic E-state index is 14.5. The molecule has 0 saturated carbocycles. The summed E-state index contributed by atoms with van der Waals surface area (Å²) in [5.41, 5.74) is 7.69. The molecule has 1 aromatic heterocycles. The Balaban J connectivity index is 1.69. The molecule has 3 aromatic rings. The van der Waals surface area contributed by atoms with Gasteiger partial charge in [0, 0.05) is 23.9 Å². The average Bonchev–Trinajstić information content (AvgIpc) is 3.01. The summed E-state index contributed by atoms with van der Waals surface area (Å²) >= 11 is 0. The zero-order chi connectivity index (χ0) is 20.5. The van der Waals surface area contributed by atoms with Crippen molar-refractivity contribution in [2.45, 2.75) is 24.5 Å². The number of hydrogen-bond acceptors (Lipinski definition) is 3. The Hall–Kier alpha value is -3.32. The van der Waals surface area contributed by atoms with Crippen LogP contribution >= 0.6 is 0 Å². The number of hydrogen-bond donors (Lipinski definition) is 2. The van der Waals surface area contributed by atoms with Crippen molar-refractivity contribution in [1.82, 2.24) is 9.88 Å². The fourth-order valence-corrected chi connectivity index (χ4v) is 3.82. The average molecular weight is 395 g/mol. The predicted octanol–water partition coefficient (Wildman–Crippen LogP) is 2.46. The first kappa shape index (κ1) is 19.0. The maximum Gasteiger partial charge on any atom is 0.251 e. The molecule has 5 nitrogen and oxygen atoms in total. The van der Waals surface area contributed by atoms with Crippen molar-refractivity contribution in [3.05, 3.63) is 106 Å². The van der Waals surface area contributed by atoms with Crippen LogP contribution in [0.1, 0.15) is 28.8 Å². The number of fused-ring (bicyclic) bond motifs is 1. The zero-order valence-corrected chi connectivity index (χ0v) is 15.4. The van der Waals surface area contributed by atoms with Gasteiger partial charge in [-0.15, -0.1) is 0 Å². The molecule has 1 heterocycles. The number of benzene rings is 2. The molecule has 4 rings (SSSR count). The SMILES string of the molecule is NC1c2ccccc2C[C@@H]1NC(=O)C(c1ccc(F)cc1F)n1ccccc1=O. The van der Waals surface area contributed by atoms with Crippen LogP contribution in [0.3, 0.4) is 0 Å². The molecule has 7 heteroatoms. The lowest BCUT2D eigenvalue weighted by Crippen LogP contribution is -2.45. The minimum Gasteiger partial charge on any atom is -0.349 e. The highest BCUT2D eigenvalue weighted by atomic mass is 19.1. The first-order valence-electron chi connectivity index (χ1n) is 9.21. The summed E-state index contributed by atoms with van der Waals surface area (Å²) in [6.45, 7) is 0. The van der Waals surface area contributed by atoms with Gasteiger partial charge in [0.15, 0.2) is 0 Å². The summed E-state index contributed by atoms with van der Waals surface area (Å²) < 4.78 is 29.0. The van der Waals surface area contributed by atoms with Crippen LogP contribution in [0.2, 0.25) is 0 Å². The van der Waals surface area contributed by atoms with Gasteiger partial charge in [0.25, 0.3) is 5.56 Å². The van der Waals surface area contributed by atoms with Crippen LogP contribution in [0.5, 0.6) is 0 Å². The molecular formula is C22H19F2N3O2. The van der Waals surface area contributed by atoms with Gasteiger partial charge in [0.1, 0.15) is 17.7 Å². The molecule has 0 radical (unpaired) electrons. The van der Waals surface area contributed by atoms with E-state index >= 15 is 0 Å². The molecular weight excluding hydrogens is 376 g/mol. The van der Waals surface area contributed by atoms with Crippen molar-refractivity contribution in [1.29, 1.82) is 0 Å². The molecule has 2 aromatic carbocycles. The van der Waals surface area contributed by atoms with Gasteiger partial charge in [-0.1, -0.05) is 36.4 Å². The molecule has 29 heavy (non-hydrogen) atoms. The Morgan fingerprint density at radius 1 is 1.10 bits per heavy atom. The highest BCUT2D eigenvalue weighted by Gasteiger charge is 2.34. The molecule has 1 amide bonds. The third-order valence-electron chi connectivity index (χ3n) is 5.25. The Morgan fingerprint density at radius 3 is 2.59 bits per heavy atom. The van der Waals surface area contributed by atoms with Gasteiger partial charge in [-0.2, -0.15) is 0 Å². The largest absolute Gasteiger partial charge is 0.349 e. The van der Waals surface area contributed by atoms with Gasteiger partial charge in [0.2, 0.25) is 5.91 Å². The monoisotopic (exact) mass is 395 g/mol. The molecule has 0 spiro atoms. The van der Waals surface area contributed by atoms with Crippen LogP contribution in [0.4, 0.5) is 8.78 Å². The lowest BCUT2D eigenvalue weighted by molar-refractivity contribution is -0.124. The van der Waals surface area contributed by atoms with E-state index in [1.54, 1.807) is 6.07 Å². The fourth-order valence-electron chi connectivity index (χ4n) is 3.82. The van der Waals surface area contributed by atoms with E-state index in [1.165, 1.54) is 24.4 Å². The second-order valence-corrected chi connectivity index (χ2v) is 7.06. The number of amides is 1. The van der Waals surface area contributed by atoms with Crippen molar-refractivity contribution in [2.24, 2.45) is 5.73 Å². The molecule has 148 valence electrons. The van der Waals surface area contributed by atoms with Crippen LogP contribution in [0.15, 0.2) is 71.7 Å². The van der Waals surface area contributed by atoms with E-state index < -0.39 is 41.2 Å². The molecule has 1 aliphatic carbocycles. The van der Waals surface area contributed by atoms with Crippen LogP contribution in [0.25, 0.3) is 0 Å². The van der Waals surface area contributed by atoms with Crippen molar-refractivity contribution >= 4 is 5.91 Å². The third kappa shape index (κ3) is 3.56. The minimum absolute atomic E-state index is 0.0960. The summed E-state index contributed by atoms with van der Waals surface area (Å²) in [6, 6.07) is 12.8. The van der Waals surface area contributed by atoms with Crippen molar-refractivity contribution in [2.75, 3.05) is 0 Å². The number of aromatic nitrogens is 1. The number of halogens is 2. The van der Waals surface area contributed by atoms with Crippen LogP contribution < -0.4 is 16.6 Å². The summed E-state index contributed by atoms with van der Waals surface area (Å²) in [5, 5.41) is 2.86. The first-order chi connectivity index (χ1) is 14.0. The smallest absolute Gasteiger partial charge is 0.251 e. The predicted molar refractivity (Wildman–Crippen MR) is 104 cm³/mol. The lowest BCUT2D eigenvalue weighted by Gasteiger charge is -2.24.